The van der Waals surface area contributed by atoms with Gasteiger partial charge in [0.15, 0.2) is 0 Å². The highest BCUT2D eigenvalue weighted by Gasteiger charge is 2.13. The molecule has 0 aromatic heterocycles. The largest absolute Gasteiger partial charge is 0.396 e. The fourth-order valence-corrected chi connectivity index (χ4v) is 1.83. The van der Waals surface area contributed by atoms with Crippen LogP contribution in [0.5, 0.6) is 0 Å². The zero-order valence-corrected chi connectivity index (χ0v) is 9.39. The average Bonchev–Trinajstić information content (AvgIpc) is 2.17. The molecule has 0 saturated carbocycles. The van der Waals surface area contributed by atoms with Crippen molar-refractivity contribution < 1.29 is 9.50 Å². The van der Waals surface area contributed by atoms with Crippen molar-refractivity contribution in [1.29, 1.82) is 0 Å². The number of hydrogen-bond acceptors (Lipinski definition) is 2. The zero-order chi connectivity index (χ0) is 11.3. The highest BCUT2D eigenvalue weighted by atomic mass is 35.5. The fourth-order valence-electron chi connectivity index (χ4n) is 1.53. The predicted molar refractivity (Wildman–Crippen MR) is 59.5 cm³/mol. The summed E-state index contributed by atoms with van der Waals surface area (Å²) in [5, 5.41) is 12.5. The molecule has 0 heterocycles. The quantitative estimate of drug-likeness (QED) is 0.816. The van der Waals surface area contributed by atoms with E-state index in [-0.39, 0.29) is 18.5 Å². The van der Waals surface area contributed by atoms with Gasteiger partial charge in [-0.1, -0.05) is 24.6 Å². The Bertz CT molecular complexity index is 313. The van der Waals surface area contributed by atoms with Crippen LogP contribution >= 0.6 is 11.6 Å². The molecular weight excluding hydrogens is 217 g/mol. The van der Waals surface area contributed by atoms with Crippen molar-refractivity contribution in [2.24, 2.45) is 0 Å². The Kier molecular flexibility index (Phi) is 5.02. The monoisotopic (exact) mass is 231 g/mol. The Balaban J connectivity index is 2.89. The Hall–Kier alpha value is -0.640. The summed E-state index contributed by atoms with van der Waals surface area (Å²) < 4.78 is 12.8. The van der Waals surface area contributed by atoms with Gasteiger partial charge in [0, 0.05) is 17.7 Å². The normalized spacial score (nSPS) is 12.8. The van der Waals surface area contributed by atoms with E-state index in [1.54, 1.807) is 6.07 Å². The number of nitrogens with one attached hydrogen (secondary N) is 1. The first kappa shape index (κ1) is 12.4. The van der Waals surface area contributed by atoms with Gasteiger partial charge in [-0.25, -0.2) is 4.39 Å². The molecule has 1 atom stereocenters. The Morgan fingerprint density at radius 3 is 2.80 bits per heavy atom. The van der Waals surface area contributed by atoms with Crippen molar-refractivity contribution in [3.05, 3.63) is 34.6 Å². The lowest BCUT2D eigenvalue weighted by Gasteiger charge is -2.18. The lowest BCUT2D eigenvalue weighted by atomic mass is 10.0. The summed E-state index contributed by atoms with van der Waals surface area (Å²) in [5.41, 5.74) is 0.828. The third-order valence-electron chi connectivity index (χ3n) is 2.21. The van der Waals surface area contributed by atoms with Crippen LogP contribution in [0.1, 0.15) is 24.9 Å². The molecule has 0 amide bonds. The molecule has 0 radical (unpaired) electrons. The molecule has 2 nitrogen and oxygen atoms in total. The first-order valence-corrected chi connectivity index (χ1v) is 5.36. The first-order chi connectivity index (χ1) is 7.19. The molecule has 4 heteroatoms. The highest BCUT2D eigenvalue weighted by molar-refractivity contribution is 6.31. The summed E-state index contributed by atoms with van der Waals surface area (Å²) in [6.45, 7) is 2.82. The molecule has 1 unspecified atom stereocenters. The molecule has 2 N–H and O–H groups in total. The second kappa shape index (κ2) is 6.05. The number of hydrogen-bond donors (Lipinski definition) is 2. The van der Waals surface area contributed by atoms with E-state index in [1.807, 2.05) is 6.92 Å². The maximum atomic E-state index is 12.8. The maximum Gasteiger partial charge on any atom is 0.124 e. The summed E-state index contributed by atoms with van der Waals surface area (Å²) in [6, 6.07) is 4.30. The third kappa shape index (κ3) is 3.45. The van der Waals surface area contributed by atoms with Crippen molar-refractivity contribution in [2.45, 2.75) is 19.4 Å². The molecule has 0 aliphatic carbocycles. The van der Waals surface area contributed by atoms with Crippen LogP contribution in [-0.2, 0) is 0 Å². The minimum atomic E-state index is -0.344. The second-order valence-electron chi connectivity index (χ2n) is 3.29. The molecule has 1 rings (SSSR count). The highest BCUT2D eigenvalue weighted by Crippen LogP contribution is 2.25. The van der Waals surface area contributed by atoms with Crippen molar-refractivity contribution in [3.63, 3.8) is 0 Å². The number of aliphatic hydroxyl groups excluding tert-OH is 1. The molecule has 0 spiro atoms. The van der Waals surface area contributed by atoms with Crippen LogP contribution in [0.2, 0.25) is 5.02 Å². The standard InChI is InChI=1S/C11H15ClFNO/c1-2-14-11(5-6-15)9-4-3-8(13)7-10(9)12/h3-4,7,11,14-15H,2,5-6H2,1H3. The van der Waals surface area contributed by atoms with E-state index in [0.29, 0.717) is 11.4 Å². The van der Waals surface area contributed by atoms with Gasteiger partial charge in [0.1, 0.15) is 5.82 Å². The van der Waals surface area contributed by atoms with E-state index in [2.05, 4.69) is 5.32 Å². The smallest absolute Gasteiger partial charge is 0.124 e. The Labute approximate surface area is 94.1 Å². The van der Waals surface area contributed by atoms with E-state index < -0.39 is 0 Å². The van der Waals surface area contributed by atoms with Crippen LogP contribution in [0.4, 0.5) is 4.39 Å². The van der Waals surface area contributed by atoms with Gasteiger partial charge >= 0.3 is 0 Å². The van der Waals surface area contributed by atoms with Gasteiger partial charge in [-0.3, -0.25) is 0 Å². The van der Waals surface area contributed by atoms with Crippen LogP contribution in [0.25, 0.3) is 0 Å². The molecule has 0 bridgehead atoms. The molecule has 15 heavy (non-hydrogen) atoms. The molecule has 0 aliphatic heterocycles. The van der Waals surface area contributed by atoms with Crippen LogP contribution in [0.15, 0.2) is 18.2 Å². The van der Waals surface area contributed by atoms with Gasteiger partial charge in [0.25, 0.3) is 0 Å². The molecule has 1 aromatic rings. The van der Waals surface area contributed by atoms with Crippen LogP contribution in [-0.4, -0.2) is 18.3 Å². The van der Waals surface area contributed by atoms with E-state index >= 15 is 0 Å². The molecule has 1 aromatic carbocycles. The summed E-state index contributed by atoms with van der Waals surface area (Å²) >= 11 is 5.93. The second-order valence-corrected chi connectivity index (χ2v) is 3.70. The summed E-state index contributed by atoms with van der Waals surface area (Å²) in [6.07, 6.45) is 0.569. The summed E-state index contributed by atoms with van der Waals surface area (Å²) in [4.78, 5) is 0. The van der Waals surface area contributed by atoms with E-state index in [1.165, 1.54) is 12.1 Å². The Morgan fingerprint density at radius 2 is 2.27 bits per heavy atom. The van der Waals surface area contributed by atoms with Crippen molar-refractivity contribution >= 4 is 11.6 Å². The number of rotatable bonds is 5. The third-order valence-corrected chi connectivity index (χ3v) is 2.53. The van der Waals surface area contributed by atoms with Gasteiger partial charge < -0.3 is 10.4 Å². The van der Waals surface area contributed by atoms with E-state index in [0.717, 1.165) is 12.1 Å². The Morgan fingerprint density at radius 1 is 1.53 bits per heavy atom. The molecule has 0 saturated heterocycles. The number of halogens is 2. The lowest BCUT2D eigenvalue weighted by Crippen LogP contribution is -2.22. The maximum absolute atomic E-state index is 12.8. The predicted octanol–water partition coefficient (Wildman–Crippen LogP) is 2.51. The van der Waals surface area contributed by atoms with Crippen molar-refractivity contribution in [1.82, 2.24) is 5.32 Å². The van der Waals surface area contributed by atoms with E-state index in [4.69, 9.17) is 16.7 Å². The van der Waals surface area contributed by atoms with Crippen LogP contribution in [0, 0.1) is 5.82 Å². The zero-order valence-electron chi connectivity index (χ0n) is 8.63. The van der Waals surface area contributed by atoms with Crippen molar-refractivity contribution in [3.8, 4) is 0 Å². The minimum absolute atomic E-state index is 0.0203. The van der Waals surface area contributed by atoms with E-state index in [9.17, 15) is 4.39 Å². The summed E-state index contributed by atoms with van der Waals surface area (Å²) in [5.74, 6) is -0.344. The molecule has 0 fully saturated rings. The fraction of sp³-hybridized carbons (Fsp3) is 0.455. The first-order valence-electron chi connectivity index (χ1n) is 4.98. The van der Waals surface area contributed by atoms with Crippen LogP contribution < -0.4 is 5.32 Å². The molecule has 84 valence electrons. The van der Waals surface area contributed by atoms with Gasteiger partial charge in [-0.2, -0.15) is 0 Å². The van der Waals surface area contributed by atoms with Gasteiger partial charge in [0.05, 0.1) is 0 Å². The summed E-state index contributed by atoms with van der Waals surface area (Å²) in [7, 11) is 0. The minimum Gasteiger partial charge on any atom is -0.396 e. The molecular formula is C11H15ClFNO. The average molecular weight is 232 g/mol. The SMILES string of the molecule is CCNC(CCO)c1ccc(F)cc1Cl. The van der Waals surface area contributed by atoms with Crippen molar-refractivity contribution in [2.75, 3.05) is 13.2 Å². The van der Waals surface area contributed by atoms with Gasteiger partial charge in [0.2, 0.25) is 0 Å². The lowest BCUT2D eigenvalue weighted by molar-refractivity contribution is 0.266. The van der Waals surface area contributed by atoms with Gasteiger partial charge in [-0.15, -0.1) is 0 Å². The number of aliphatic hydroxyl groups is 1. The number of benzene rings is 1. The van der Waals surface area contributed by atoms with Crippen LogP contribution in [0.3, 0.4) is 0 Å². The topological polar surface area (TPSA) is 32.3 Å². The molecule has 0 aliphatic rings. The van der Waals surface area contributed by atoms with Gasteiger partial charge in [-0.05, 0) is 30.7 Å².